The van der Waals surface area contributed by atoms with Crippen LogP contribution in [0.4, 0.5) is 0 Å². The van der Waals surface area contributed by atoms with Crippen LogP contribution < -0.4 is 0 Å². The maximum Gasteiger partial charge on any atom is 0.303 e. The normalized spacial score (nSPS) is 38.8. The summed E-state index contributed by atoms with van der Waals surface area (Å²) in [5.41, 5.74) is -2.41. The lowest BCUT2D eigenvalue weighted by Crippen LogP contribution is -2.76. The molecular weight excluding hydrogens is 640 g/mol. The number of ether oxygens (including phenoxy) is 5. The Kier molecular flexibility index (Phi) is 10.5. The molecule has 0 amide bonds. The van der Waals surface area contributed by atoms with Gasteiger partial charge in [-0.25, -0.2) is 0 Å². The average molecular weight is 695 g/mol. The van der Waals surface area contributed by atoms with Crippen LogP contribution >= 0.6 is 0 Å². The molecule has 3 aliphatic carbocycles. The molecule has 274 valence electrons. The predicted molar refractivity (Wildman–Crippen MR) is 184 cm³/mol. The number of hydrogen-bond donors (Lipinski definition) is 1. The molecule has 0 bridgehead atoms. The minimum Gasteiger partial charge on any atom is -0.462 e. The van der Waals surface area contributed by atoms with E-state index < -0.39 is 87.9 Å². The Bertz CT molecular complexity index is 1540. The van der Waals surface area contributed by atoms with Crippen molar-refractivity contribution in [2.75, 3.05) is 13.2 Å². The van der Waals surface area contributed by atoms with Gasteiger partial charge in [-0.05, 0) is 67.6 Å². The van der Waals surface area contributed by atoms with Crippen molar-refractivity contribution in [1.29, 1.82) is 0 Å². The summed E-state index contributed by atoms with van der Waals surface area (Å²) < 4.78 is 30.9. The highest BCUT2D eigenvalue weighted by atomic mass is 16.6. The molecule has 1 N–H and O–H groups in total. The lowest BCUT2D eigenvalue weighted by molar-refractivity contribution is -0.304. The number of rotatable bonds is 8. The van der Waals surface area contributed by atoms with E-state index in [-0.39, 0.29) is 19.1 Å². The van der Waals surface area contributed by atoms with E-state index in [4.69, 9.17) is 23.7 Å². The summed E-state index contributed by atoms with van der Waals surface area (Å²) in [6, 6.07) is 10.0. The molecule has 10 nitrogen and oxygen atoms in total. The average Bonchev–Trinajstić information content (AvgIpc) is 3.26. The first kappa shape index (κ1) is 37.7. The van der Waals surface area contributed by atoms with E-state index in [1.807, 2.05) is 44.2 Å². The van der Waals surface area contributed by atoms with E-state index in [2.05, 4.69) is 32.1 Å². The predicted octanol–water partition coefficient (Wildman–Crippen LogP) is 5.86. The molecule has 2 fully saturated rings. The van der Waals surface area contributed by atoms with Crippen molar-refractivity contribution in [2.45, 2.75) is 118 Å². The van der Waals surface area contributed by atoms with Gasteiger partial charge in [0.05, 0.1) is 24.2 Å². The van der Waals surface area contributed by atoms with Crippen LogP contribution in [0.25, 0.3) is 0 Å². The number of hydrogen-bond acceptors (Lipinski definition) is 10. The Hall–Kier alpha value is -3.50. The van der Waals surface area contributed by atoms with Crippen LogP contribution in [0.2, 0.25) is 0 Å². The van der Waals surface area contributed by atoms with Crippen LogP contribution in [-0.4, -0.2) is 72.2 Å². The van der Waals surface area contributed by atoms with Crippen molar-refractivity contribution in [3.05, 3.63) is 59.7 Å². The van der Waals surface area contributed by atoms with Gasteiger partial charge in [0.1, 0.15) is 18.3 Å². The van der Waals surface area contributed by atoms with Gasteiger partial charge in [-0.15, -0.1) is 0 Å². The SMILES string of the molecule is CC(=O)OC(C)[C@]12COCC=CC1[C@]1(C)CCC3[C@@](C)(C1[C@H](OC(C)=O)[C@@H]2OC(C)=O)[C@H](OC(C)=O)C=C(C)[C@@]3(O)CC(C)c1ccccc1. The van der Waals surface area contributed by atoms with Crippen molar-refractivity contribution in [3.8, 4) is 0 Å². The number of allylic oxidation sites excluding steroid dienone is 1. The third kappa shape index (κ3) is 6.20. The molecule has 1 aromatic carbocycles. The zero-order valence-electron chi connectivity index (χ0n) is 30.9. The second-order valence-corrected chi connectivity index (χ2v) is 15.6. The van der Waals surface area contributed by atoms with E-state index in [1.165, 1.54) is 27.7 Å². The molecule has 50 heavy (non-hydrogen) atoms. The van der Waals surface area contributed by atoms with Gasteiger partial charge in [0, 0.05) is 44.9 Å². The second kappa shape index (κ2) is 13.9. The number of benzene rings is 1. The fraction of sp³-hybridized carbons (Fsp3) is 0.650. The Morgan fingerprint density at radius 1 is 0.940 bits per heavy atom. The number of carbonyl (C=O) groups excluding carboxylic acids is 4. The standard InChI is InChI=1S/C40H54O10/c1-23(30-14-11-10-12-15-30)21-40(45)24(2)20-33(48-27(5)42)38(9)32(40)17-18-37(8)31-16-13-19-46-22-39(31,25(3)47-26(4)41)36(50-29(7)44)34(35(37)38)49-28(6)43/h10-16,20,23,25,31-36,45H,17-19,21-22H2,1-9H3/t23?,25?,31?,32?,33-,34+,35?,36+,37+,38-,39-,40+/m1/s1. The fourth-order valence-corrected chi connectivity index (χ4v) is 10.9. The fourth-order valence-electron chi connectivity index (χ4n) is 10.9. The Balaban J connectivity index is 1.79. The molecule has 1 aromatic rings. The molecule has 1 heterocycles. The number of carbonyl (C=O) groups is 4. The van der Waals surface area contributed by atoms with Gasteiger partial charge in [0.15, 0.2) is 6.10 Å². The molecule has 0 radical (unpaired) electrons. The van der Waals surface area contributed by atoms with Crippen molar-refractivity contribution in [2.24, 2.45) is 34.0 Å². The van der Waals surface area contributed by atoms with Gasteiger partial charge in [-0.3, -0.25) is 19.2 Å². The molecule has 4 aliphatic rings. The number of fused-ring (bicyclic) bond motifs is 5. The highest BCUT2D eigenvalue weighted by molar-refractivity contribution is 5.68. The molecule has 10 heteroatoms. The molecule has 5 unspecified atom stereocenters. The van der Waals surface area contributed by atoms with Crippen molar-refractivity contribution in [3.63, 3.8) is 0 Å². The minimum atomic E-state index is -1.32. The highest BCUT2D eigenvalue weighted by Gasteiger charge is 2.76. The zero-order chi connectivity index (χ0) is 36.8. The number of aliphatic hydroxyl groups is 1. The first-order valence-electron chi connectivity index (χ1n) is 17.8. The molecule has 5 rings (SSSR count). The summed E-state index contributed by atoms with van der Waals surface area (Å²) in [5, 5.41) is 13.1. The molecule has 0 aromatic heterocycles. The lowest BCUT2D eigenvalue weighted by Gasteiger charge is -2.71. The summed E-state index contributed by atoms with van der Waals surface area (Å²) in [4.78, 5) is 51.6. The Morgan fingerprint density at radius 2 is 1.58 bits per heavy atom. The van der Waals surface area contributed by atoms with E-state index in [0.717, 1.165) is 11.1 Å². The van der Waals surface area contributed by atoms with E-state index in [1.54, 1.807) is 6.92 Å². The maximum absolute atomic E-state index is 13.2. The lowest BCUT2D eigenvalue weighted by atomic mass is 9.35. The van der Waals surface area contributed by atoms with Crippen molar-refractivity contribution >= 4 is 23.9 Å². The third-order valence-electron chi connectivity index (χ3n) is 12.7. The summed E-state index contributed by atoms with van der Waals surface area (Å²) in [7, 11) is 0. The van der Waals surface area contributed by atoms with Gasteiger partial charge in [-0.1, -0.05) is 63.3 Å². The van der Waals surface area contributed by atoms with Gasteiger partial charge < -0.3 is 28.8 Å². The first-order valence-corrected chi connectivity index (χ1v) is 17.8. The summed E-state index contributed by atoms with van der Waals surface area (Å²) in [6.07, 6.45) is 3.58. The highest BCUT2D eigenvalue weighted by Crippen LogP contribution is 2.72. The smallest absolute Gasteiger partial charge is 0.303 e. The summed E-state index contributed by atoms with van der Waals surface area (Å²) in [5.74, 6) is -3.66. The zero-order valence-corrected chi connectivity index (χ0v) is 30.9. The first-order chi connectivity index (χ1) is 23.4. The molecule has 0 saturated heterocycles. The van der Waals surface area contributed by atoms with E-state index in [9.17, 15) is 24.3 Å². The Labute approximate surface area is 295 Å². The molecule has 2 saturated carbocycles. The minimum absolute atomic E-state index is 0.0176. The summed E-state index contributed by atoms with van der Waals surface area (Å²) in [6.45, 7) is 15.6. The largest absolute Gasteiger partial charge is 0.462 e. The van der Waals surface area contributed by atoms with E-state index >= 15 is 0 Å². The quantitative estimate of drug-likeness (QED) is 0.200. The molecule has 0 spiro atoms. The van der Waals surface area contributed by atoms with Crippen molar-refractivity contribution in [1.82, 2.24) is 0 Å². The topological polar surface area (TPSA) is 135 Å². The van der Waals surface area contributed by atoms with Crippen LogP contribution in [0.1, 0.15) is 93.1 Å². The van der Waals surface area contributed by atoms with Crippen LogP contribution in [0, 0.1) is 34.0 Å². The van der Waals surface area contributed by atoms with Crippen LogP contribution in [0.15, 0.2) is 54.1 Å². The Morgan fingerprint density at radius 3 is 2.18 bits per heavy atom. The number of esters is 4. The molecule has 12 atom stereocenters. The van der Waals surface area contributed by atoms with E-state index in [0.29, 0.717) is 19.3 Å². The van der Waals surface area contributed by atoms with Crippen LogP contribution in [0.3, 0.4) is 0 Å². The molecule has 1 aliphatic heterocycles. The third-order valence-corrected chi connectivity index (χ3v) is 12.7. The van der Waals surface area contributed by atoms with Gasteiger partial charge >= 0.3 is 23.9 Å². The van der Waals surface area contributed by atoms with Crippen LogP contribution in [-0.2, 0) is 42.9 Å². The second-order valence-electron chi connectivity index (χ2n) is 15.6. The summed E-state index contributed by atoms with van der Waals surface area (Å²) >= 11 is 0. The van der Waals surface area contributed by atoms with Gasteiger partial charge in [0.2, 0.25) is 0 Å². The van der Waals surface area contributed by atoms with Gasteiger partial charge in [0.25, 0.3) is 0 Å². The maximum atomic E-state index is 13.2. The van der Waals surface area contributed by atoms with Crippen LogP contribution in [0.5, 0.6) is 0 Å². The molecular formula is C40H54O10. The van der Waals surface area contributed by atoms with Crippen molar-refractivity contribution < 1.29 is 48.0 Å². The monoisotopic (exact) mass is 694 g/mol. The van der Waals surface area contributed by atoms with Gasteiger partial charge in [-0.2, -0.15) is 0 Å².